The van der Waals surface area contributed by atoms with Crippen molar-refractivity contribution in [1.82, 2.24) is 5.32 Å². The van der Waals surface area contributed by atoms with Crippen LogP contribution in [0.1, 0.15) is 12.8 Å². The number of rotatable bonds is 2. The maximum Gasteiger partial charge on any atom is 0.120 e. The lowest BCUT2D eigenvalue weighted by molar-refractivity contribution is 0.414. The van der Waals surface area contributed by atoms with Crippen LogP contribution in [-0.4, -0.2) is 33.3 Å². The van der Waals surface area contributed by atoms with Crippen molar-refractivity contribution in [3.05, 3.63) is 24.3 Å². The lowest BCUT2D eigenvalue weighted by atomic mass is 10.2. The molecule has 0 saturated carbocycles. The molecule has 1 fully saturated rings. The van der Waals surface area contributed by atoms with Crippen molar-refractivity contribution in [1.29, 1.82) is 0 Å². The van der Waals surface area contributed by atoms with Gasteiger partial charge >= 0.3 is 0 Å². The molecule has 0 unspecified atom stereocenters. The van der Waals surface area contributed by atoms with Gasteiger partial charge in [0.2, 0.25) is 0 Å². The van der Waals surface area contributed by atoms with E-state index in [-0.39, 0.29) is 0 Å². The van der Waals surface area contributed by atoms with E-state index in [1.807, 2.05) is 6.07 Å². The Labute approximate surface area is 97.4 Å². The SMILES string of the molecule is COc1cccc(N2CCCNCCC2)c1. The first kappa shape index (κ1) is 11.3. The van der Waals surface area contributed by atoms with Crippen molar-refractivity contribution in [3.8, 4) is 5.75 Å². The zero-order valence-corrected chi connectivity index (χ0v) is 9.91. The molecule has 1 saturated heterocycles. The molecule has 1 N–H and O–H groups in total. The molecule has 88 valence electrons. The summed E-state index contributed by atoms with van der Waals surface area (Å²) >= 11 is 0. The fourth-order valence-electron chi connectivity index (χ4n) is 2.09. The summed E-state index contributed by atoms with van der Waals surface area (Å²) in [5.41, 5.74) is 1.28. The van der Waals surface area contributed by atoms with Crippen molar-refractivity contribution in [2.24, 2.45) is 0 Å². The highest BCUT2D eigenvalue weighted by molar-refractivity contribution is 5.50. The molecule has 0 bridgehead atoms. The molecular formula is C13H20N2O. The van der Waals surface area contributed by atoms with Gasteiger partial charge in [0.15, 0.2) is 0 Å². The van der Waals surface area contributed by atoms with Gasteiger partial charge in [-0.2, -0.15) is 0 Å². The second kappa shape index (κ2) is 5.75. The van der Waals surface area contributed by atoms with E-state index in [2.05, 4.69) is 28.4 Å². The van der Waals surface area contributed by atoms with Gasteiger partial charge in [-0.05, 0) is 38.1 Å². The summed E-state index contributed by atoms with van der Waals surface area (Å²) < 4.78 is 5.26. The predicted molar refractivity (Wildman–Crippen MR) is 67.3 cm³/mol. The zero-order valence-electron chi connectivity index (χ0n) is 9.91. The molecule has 1 aliphatic heterocycles. The van der Waals surface area contributed by atoms with E-state index in [0.29, 0.717) is 0 Å². The third-order valence-electron chi connectivity index (χ3n) is 2.98. The molecule has 1 aromatic rings. The largest absolute Gasteiger partial charge is 0.497 e. The van der Waals surface area contributed by atoms with Gasteiger partial charge in [0, 0.05) is 24.8 Å². The molecule has 0 amide bonds. The molecule has 0 spiro atoms. The molecule has 0 aliphatic carbocycles. The highest BCUT2D eigenvalue weighted by Gasteiger charge is 2.08. The lowest BCUT2D eigenvalue weighted by Crippen LogP contribution is -2.33. The Bertz CT molecular complexity index is 319. The van der Waals surface area contributed by atoms with Crippen molar-refractivity contribution in [2.45, 2.75) is 12.8 Å². The summed E-state index contributed by atoms with van der Waals surface area (Å²) in [6.45, 7) is 4.50. The third-order valence-corrected chi connectivity index (χ3v) is 2.98. The molecule has 1 aliphatic rings. The van der Waals surface area contributed by atoms with Crippen LogP contribution in [0.2, 0.25) is 0 Å². The van der Waals surface area contributed by atoms with Crippen LogP contribution in [-0.2, 0) is 0 Å². The Kier molecular flexibility index (Phi) is 4.05. The fourth-order valence-corrected chi connectivity index (χ4v) is 2.09. The summed E-state index contributed by atoms with van der Waals surface area (Å²) in [6.07, 6.45) is 2.41. The maximum absolute atomic E-state index is 5.26. The Balaban J connectivity index is 2.07. The van der Waals surface area contributed by atoms with Gasteiger partial charge in [0.05, 0.1) is 7.11 Å². The second-order valence-corrected chi connectivity index (χ2v) is 4.15. The Morgan fingerprint density at radius 2 is 1.94 bits per heavy atom. The first-order valence-corrected chi connectivity index (χ1v) is 6.00. The Hall–Kier alpha value is -1.22. The molecule has 16 heavy (non-hydrogen) atoms. The minimum Gasteiger partial charge on any atom is -0.497 e. The maximum atomic E-state index is 5.26. The topological polar surface area (TPSA) is 24.5 Å². The quantitative estimate of drug-likeness (QED) is 0.823. The summed E-state index contributed by atoms with van der Waals surface area (Å²) in [5.74, 6) is 0.942. The van der Waals surface area contributed by atoms with Gasteiger partial charge in [-0.1, -0.05) is 6.07 Å². The molecule has 1 heterocycles. The minimum atomic E-state index is 0.942. The molecule has 1 aromatic carbocycles. The van der Waals surface area contributed by atoms with E-state index in [1.54, 1.807) is 7.11 Å². The number of anilines is 1. The van der Waals surface area contributed by atoms with Crippen molar-refractivity contribution < 1.29 is 4.74 Å². The summed E-state index contributed by atoms with van der Waals surface area (Å²) in [7, 11) is 1.72. The van der Waals surface area contributed by atoms with E-state index in [0.717, 1.165) is 31.9 Å². The number of methoxy groups -OCH3 is 1. The highest BCUT2D eigenvalue weighted by Crippen LogP contribution is 2.21. The van der Waals surface area contributed by atoms with Gasteiger partial charge in [-0.3, -0.25) is 0 Å². The van der Waals surface area contributed by atoms with Crippen molar-refractivity contribution in [2.75, 3.05) is 38.2 Å². The van der Waals surface area contributed by atoms with Gasteiger partial charge in [0.25, 0.3) is 0 Å². The first-order valence-electron chi connectivity index (χ1n) is 6.00. The van der Waals surface area contributed by atoms with Crippen LogP contribution >= 0.6 is 0 Å². The summed E-state index contributed by atoms with van der Waals surface area (Å²) in [6, 6.07) is 8.34. The highest BCUT2D eigenvalue weighted by atomic mass is 16.5. The van der Waals surface area contributed by atoms with Crippen LogP contribution < -0.4 is 15.0 Å². The average molecular weight is 220 g/mol. The second-order valence-electron chi connectivity index (χ2n) is 4.15. The molecular weight excluding hydrogens is 200 g/mol. The zero-order chi connectivity index (χ0) is 11.2. The normalized spacial score (nSPS) is 17.7. The smallest absolute Gasteiger partial charge is 0.120 e. The van der Waals surface area contributed by atoms with Crippen molar-refractivity contribution >= 4 is 5.69 Å². The van der Waals surface area contributed by atoms with Crippen LogP contribution in [0.15, 0.2) is 24.3 Å². The van der Waals surface area contributed by atoms with Crippen molar-refractivity contribution in [3.63, 3.8) is 0 Å². The number of nitrogens with zero attached hydrogens (tertiary/aromatic N) is 1. The van der Waals surface area contributed by atoms with E-state index >= 15 is 0 Å². The number of nitrogens with one attached hydrogen (secondary N) is 1. The van der Waals surface area contributed by atoms with Gasteiger partial charge < -0.3 is 15.0 Å². The molecule has 3 heteroatoms. The average Bonchev–Trinajstić information content (AvgIpc) is 2.29. The van der Waals surface area contributed by atoms with Gasteiger partial charge in [-0.25, -0.2) is 0 Å². The Morgan fingerprint density at radius 3 is 2.62 bits per heavy atom. The van der Waals surface area contributed by atoms with E-state index in [9.17, 15) is 0 Å². The first-order chi connectivity index (χ1) is 7.90. The molecule has 0 radical (unpaired) electrons. The number of hydrogen-bond donors (Lipinski definition) is 1. The summed E-state index contributed by atoms with van der Waals surface area (Å²) in [4.78, 5) is 2.45. The van der Waals surface area contributed by atoms with Gasteiger partial charge in [0.1, 0.15) is 5.75 Å². The van der Waals surface area contributed by atoms with Crippen LogP contribution in [0.5, 0.6) is 5.75 Å². The van der Waals surface area contributed by atoms with E-state index < -0.39 is 0 Å². The minimum absolute atomic E-state index is 0.942. The molecule has 0 atom stereocenters. The molecule has 2 rings (SSSR count). The fraction of sp³-hybridized carbons (Fsp3) is 0.538. The van der Waals surface area contributed by atoms with Crippen LogP contribution in [0.25, 0.3) is 0 Å². The summed E-state index contributed by atoms with van der Waals surface area (Å²) in [5, 5.41) is 3.43. The van der Waals surface area contributed by atoms with Crippen LogP contribution in [0.3, 0.4) is 0 Å². The number of benzene rings is 1. The van der Waals surface area contributed by atoms with E-state index in [1.165, 1.54) is 18.5 Å². The number of hydrogen-bond acceptors (Lipinski definition) is 3. The monoisotopic (exact) mass is 220 g/mol. The molecule has 3 nitrogen and oxygen atoms in total. The van der Waals surface area contributed by atoms with Crippen LogP contribution in [0.4, 0.5) is 5.69 Å². The Morgan fingerprint density at radius 1 is 1.19 bits per heavy atom. The number of ether oxygens (including phenoxy) is 1. The van der Waals surface area contributed by atoms with E-state index in [4.69, 9.17) is 4.74 Å². The predicted octanol–water partition coefficient (Wildman–Crippen LogP) is 1.88. The third kappa shape index (κ3) is 2.89. The molecule has 0 aromatic heterocycles. The standard InChI is InChI=1S/C13H20N2O/c1-16-13-6-2-5-12(11-13)15-9-3-7-14-8-4-10-15/h2,5-6,11,14H,3-4,7-10H2,1H3. The lowest BCUT2D eigenvalue weighted by Gasteiger charge is -2.27. The van der Waals surface area contributed by atoms with Crippen LogP contribution in [0, 0.1) is 0 Å². The van der Waals surface area contributed by atoms with Gasteiger partial charge in [-0.15, -0.1) is 0 Å².